The molecule has 0 amide bonds. The fraction of sp³-hybridized carbons (Fsp3) is 0.160. The SMILES string of the molecule is O=C(O)c1cccc(CNc2ccc3c(=O)n(-c4cccc(Cl)c4)c(=O)n4c3c2CCC4)c1. The van der Waals surface area contributed by atoms with Crippen molar-refractivity contribution in [2.75, 3.05) is 5.32 Å². The molecule has 1 aliphatic rings. The Morgan fingerprint density at radius 1 is 1.06 bits per heavy atom. The zero-order valence-electron chi connectivity index (χ0n) is 17.5. The van der Waals surface area contributed by atoms with Crippen LogP contribution in [0.2, 0.25) is 5.02 Å². The van der Waals surface area contributed by atoms with Gasteiger partial charge in [0.05, 0.1) is 22.2 Å². The number of nitrogens with one attached hydrogen (secondary N) is 1. The first kappa shape index (κ1) is 21.0. The van der Waals surface area contributed by atoms with E-state index in [-0.39, 0.29) is 16.8 Å². The van der Waals surface area contributed by atoms with E-state index in [1.807, 2.05) is 12.1 Å². The van der Waals surface area contributed by atoms with E-state index >= 15 is 0 Å². The molecule has 0 saturated heterocycles. The van der Waals surface area contributed by atoms with Crippen LogP contribution in [0.1, 0.15) is 27.9 Å². The van der Waals surface area contributed by atoms with Gasteiger partial charge in [-0.15, -0.1) is 0 Å². The number of halogens is 1. The largest absolute Gasteiger partial charge is 0.478 e. The van der Waals surface area contributed by atoms with Crippen molar-refractivity contribution in [2.45, 2.75) is 25.9 Å². The molecule has 8 heteroatoms. The standard InChI is InChI=1S/C25H20ClN3O4/c26-17-6-2-7-18(13-17)29-23(30)20-9-10-21(19-8-3-11-28(22(19)20)25(29)33)27-14-15-4-1-5-16(12-15)24(31)32/h1-2,4-7,9-10,12-13,27H,3,8,11,14H2,(H,31,32). The summed E-state index contributed by atoms with van der Waals surface area (Å²) in [7, 11) is 0. The number of carboxylic acid groups (broad SMARTS) is 1. The van der Waals surface area contributed by atoms with Crippen molar-refractivity contribution in [1.29, 1.82) is 0 Å². The maximum Gasteiger partial charge on any atom is 0.336 e. The quantitative estimate of drug-likeness (QED) is 0.467. The summed E-state index contributed by atoms with van der Waals surface area (Å²) in [5, 5.41) is 13.5. The highest BCUT2D eigenvalue weighted by Gasteiger charge is 2.22. The normalized spacial score (nSPS) is 12.6. The summed E-state index contributed by atoms with van der Waals surface area (Å²) < 4.78 is 2.83. The van der Waals surface area contributed by atoms with Gasteiger partial charge in [-0.1, -0.05) is 29.8 Å². The first-order chi connectivity index (χ1) is 15.9. The van der Waals surface area contributed by atoms with Crippen LogP contribution in [0.5, 0.6) is 0 Å². The Kier molecular flexibility index (Phi) is 5.26. The molecule has 0 atom stereocenters. The van der Waals surface area contributed by atoms with Crippen molar-refractivity contribution in [3.8, 4) is 5.69 Å². The molecule has 33 heavy (non-hydrogen) atoms. The van der Waals surface area contributed by atoms with Crippen LogP contribution in [0.25, 0.3) is 16.6 Å². The number of nitrogens with zero attached hydrogens (tertiary/aromatic N) is 2. The molecular formula is C25H20ClN3O4. The van der Waals surface area contributed by atoms with E-state index in [9.17, 15) is 19.5 Å². The van der Waals surface area contributed by atoms with Gasteiger partial charge >= 0.3 is 11.7 Å². The van der Waals surface area contributed by atoms with E-state index in [0.29, 0.717) is 34.7 Å². The van der Waals surface area contributed by atoms with E-state index < -0.39 is 5.97 Å². The number of aromatic carboxylic acids is 1. The number of anilines is 1. The third-order valence-corrected chi connectivity index (χ3v) is 6.18. The topological polar surface area (TPSA) is 93.3 Å². The van der Waals surface area contributed by atoms with Crippen molar-refractivity contribution in [1.82, 2.24) is 9.13 Å². The van der Waals surface area contributed by atoms with Crippen LogP contribution in [0.4, 0.5) is 5.69 Å². The molecule has 0 aliphatic carbocycles. The van der Waals surface area contributed by atoms with E-state index in [4.69, 9.17) is 11.6 Å². The van der Waals surface area contributed by atoms with Crippen LogP contribution >= 0.6 is 11.6 Å². The smallest absolute Gasteiger partial charge is 0.336 e. The second-order valence-electron chi connectivity index (χ2n) is 8.01. The van der Waals surface area contributed by atoms with E-state index in [1.165, 1.54) is 4.57 Å². The fourth-order valence-electron chi connectivity index (χ4n) is 4.44. The Morgan fingerprint density at radius 2 is 1.88 bits per heavy atom. The number of rotatable bonds is 5. The van der Waals surface area contributed by atoms with Gasteiger partial charge < -0.3 is 10.4 Å². The molecule has 7 nitrogen and oxygen atoms in total. The molecule has 4 aromatic rings. The summed E-state index contributed by atoms with van der Waals surface area (Å²) >= 11 is 6.10. The number of aromatic nitrogens is 2. The number of hydrogen-bond donors (Lipinski definition) is 2. The van der Waals surface area contributed by atoms with Gasteiger partial charge in [0.15, 0.2) is 0 Å². The number of benzene rings is 3. The number of hydrogen-bond acceptors (Lipinski definition) is 4. The minimum atomic E-state index is -0.974. The predicted octanol–water partition coefficient (Wildman–Crippen LogP) is 4.06. The Balaban J connectivity index is 1.61. The lowest BCUT2D eigenvalue weighted by Gasteiger charge is -2.23. The summed E-state index contributed by atoms with van der Waals surface area (Å²) in [6.07, 6.45) is 1.50. The van der Waals surface area contributed by atoms with Crippen LogP contribution in [-0.2, 0) is 19.5 Å². The van der Waals surface area contributed by atoms with E-state index in [1.54, 1.807) is 53.1 Å². The Labute approximate surface area is 193 Å². The van der Waals surface area contributed by atoms with Crippen LogP contribution in [0, 0.1) is 0 Å². The zero-order chi connectivity index (χ0) is 23.1. The van der Waals surface area contributed by atoms with Gasteiger partial charge in [-0.05, 0) is 66.4 Å². The van der Waals surface area contributed by atoms with Gasteiger partial charge in [0.2, 0.25) is 0 Å². The van der Waals surface area contributed by atoms with Crippen molar-refractivity contribution >= 4 is 34.2 Å². The molecule has 2 heterocycles. The summed E-state index contributed by atoms with van der Waals surface area (Å²) in [4.78, 5) is 37.9. The second-order valence-corrected chi connectivity index (χ2v) is 8.44. The highest BCUT2D eigenvalue weighted by atomic mass is 35.5. The van der Waals surface area contributed by atoms with Gasteiger partial charge in [0.25, 0.3) is 5.56 Å². The van der Waals surface area contributed by atoms with Crippen LogP contribution in [0.3, 0.4) is 0 Å². The molecule has 1 aliphatic heterocycles. The van der Waals surface area contributed by atoms with Gasteiger partial charge in [-0.25, -0.2) is 14.2 Å². The van der Waals surface area contributed by atoms with E-state index in [0.717, 1.165) is 29.7 Å². The number of carboxylic acids is 1. The van der Waals surface area contributed by atoms with Crippen LogP contribution in [-0.4, -0.2) is 20.2 Å². The fourth-order valence-corrected chi connectivity index (χ4v) is 4.62. The highest BCUT2D eigenvalue weighted by Crippen LogP contribution is 2.29. The van der Waals surface area contributed by atoms with Crippen molar-refractivity contribution < 1.29 is 9.90 Å². The molecular weight excluding hydrogens is 442 g/mol. The lowest BCUT2D eigenvalue weighted by Crippen LogP contribution is -2.40. The summed E-state index contributed by atoms with van der Waals surface area (Å²) in [5.74, 6) is -0.974. The van der Waals surface area contributed by atoms with Crippen LogP contribution < -0.4 is 16.6 Å². The molecule has 0 bridgehead atoms. The number of aryl methyl sites for hydroxylation is 2. The second kappa shape index (κ2) is 8.26. The lowest BCUT2D eigenvalue weighted by molar-refractivity contribution is 0.0696. The predicted molar refractivity (Wildman–Crippen MR) is 128 cm³/mol. The Bertz CT molecular complexity index is 1540. The zero-order valence-corrected chi connectivity index (χ0v) is 18.3. The summed E-state index contributed by atoms with van der Waals surface area (Å²) in [6.45, 7) is 0.941. The Morgan fingerprint density at radius 3 is 2.67 bits per heavy atom. The monoisotopic (exact) mass is 461 g/mol. The average molecular weight is 462 g/mol. The van der Waals surface area contributed by atoms with Crippen molar-refractivity contribution in [2.24, 2.45) is 0 Å². The van der Waals surface area contributed by atoms with Crippen molar-refractivity contribution in [3.63, 3.8) is 0 Å². The maximum absolute atomic E-state index is 13.3. The van der Waals surface area contributed by atoms with Crippen molar-refractivity contribution in [3.05, 3.63) is 103 Å². The van der Waals surface area contributed by atoms with E-state index in [2.05, 4.69) is 5.32 Å². The lowest BCUT2D eigenvalue weighted by atomic mass is 9.99. The van der Waals surface area contributed by atoms with Gasteiger partial charge in [-0.2, -0.15) is 0 Å². The summed E-state index contributed by atoms with van der Waals surface area (Å²) in [5.41, 5.74) is 3.13. The third kappa shape index (κ3) is 3.70. The first-order valence-electron chi connectivity index (χ1n) is 10.6. The first-order valence-corrected chi connectivity index (χ1v) is 11.0. The minimum Gasteiger partial charge on any atom is -0.478 e. The molecule has 0 fully saturated rings. The maximum atomic E-state index is 13.3. The average Bonchev–Trinajstić information content (AvgIpc) is 2.81. The summed E-state index contributed by atoms with van der Waals surface area (Å²) in [6, 6.07) is 17.0. The molecule has 0 spiro atoms. The van der Waals surface area contributed by atoms with Crippen LogP contribution in [0.15, 0.2) is 70.3 Å². The third-order valence-electron chi connectivity index (χ3n) is 5.94. The molecule has 166 valence electrons. The molecule has 5 rings (SSSR count). The molecule has 3 aromatic carbocycles. The molecule has 2 N–H and O–H groups in total. The molecule has 0 unspecified atom stereocenters. The van der Waals surface area contributed by atoms with Gasteiger partial charge in [-0.3, -0.25) is 9.36 Å². The Hall–Kier alpha value is -3.84. The molecule has 0 saturated carbocycles. The highest BCUT2D eigenvalue weighted by molar-refractivity contribution is 6.30. The minimum absolute atomic E-state index is 0.226. The van der Waals surface area contributed by atoms with Gasteiger partial charge in [0.1, 0.15) is 0 Å². The molecule has 1 aromatic heterocycles. The number of carbonyl (C=O) groups is 1. The van der Waals surface area contributed by atoms with Gasteiger partial charge in [0, 0.05) is 23.8 Å². The molecule has 0 radical (unpaired) electrons.